The minimum absolute atomic E-state index is 0.223. The van der Waals surface area contributed by atoms with Crippen molar-refractivity contribution >= 4 is 9.84 Å². The monoisotopic (exact) mass is 233 g/mol. The summed E-state index contributed by atoms with van der Waals surface area (Å²) in [5.74, 6) is -3.07. The Morgan fingerprint density at radius 3 is 2.14 bits per heavy atom. The van der Waals surface area contributed by atoms with Gasteiger partial charge in [-0.1, -0.05) is 6.92 Å². The van der Waals surface area contributed by atoms with Gasteiger partial charge in [0.25, 0.3) is 0 Å². The molecule has 0 aliphatic carbocycles. The van der Waals surface area contributed by atoms with Crippen LogP contribution in [0.5, 0.6) is 0 Å². The molecule has 0 saturated heterocycles. The quantitative estimate of drug-likeness (QED) is 0.769. The fraction of sp³-hybridized carbons (Fsp3) is 1.00. The lowest BCUT2D eigenvalue weighted by Crippen LogP contribution is -2.36. The average molecular weight is 233 g/mol. The molecule has 1 atom stereocenters. The normalized spacial score (nSPS) is 15.5. The minimum atomic E-state index is -4.53. The highest BCUT2D eigenvalue weighted by atomic mass is 32.2. The van der Waals surface area contributed by atoms with E-state index >= 15 is 0 Å². The van der Waals surface area contributed by atoms with Gasteiger partial charge in [-0.25, -0.2) is 8.42 Å². The van der Waals surface area contributed by atoms with Crippen molar-refractivity contribution in [2.45, 2.75) is 19.5 Å². The Morgan fingerprint density at radius 1 is 1.36 bits per heavy atom. The van der Waals surface area contributed by atoms with E-state index in [-0.39, 0.29) is 5.75 Å². The lowest BCUT2D eigenvalue weighted by Gasteiger charge is -2.17. The Morgan fingerprint density at radius 2 is 1.86 bits per heavy atom. The molecule has 0 aliphatic heterocycles. The van der Waals surface area contributed by atoms with Gasteiger partial charge in [0, 0.05) is 12.3 Å². The number of rotatable bonds is 5. The van der Waals surface area contributed by atoms with Crippen molar-refractivity contribution in [1.82, 2.24) is 0 Å². The van der Waals surface area contributed by atoms with Crippen molar-refractivity contribution in [3.63, 3.8) is 0 Å². The Labute approximate surface area is 81.4 Å². The summed E-state index contributed by atoms with van der Waals surface area (Å²) in [4.78, 5) is 0. The molecule has 0 rings (SSSR count). The molecular formula is C7H14F3NO2S. The number of alkyl halides is 3. The van der Waals surface area contributed by atoms with Crippen LogP contribution >= 0.6 is 0 Å². The first-order chi connectivity index (χ1) is 6.23. The van der Waals surface area contributed by atoms with Crippen molar-refractivity contribution in [1.29, 1.82) is 0 Å². The molecule has 0 fully saturated rings. The van der Waals surface area contributed by atoms with Crippen LogP contribution in [0.25, 0.3) is 0 Å². The zero-order valence-corrected chi connectivity index (χ0v) is 8.66. The Kier molecular flexibility index (Phi) is 4.87. The molecule has 3 nitrogen and oxygen atoms in total. The minimum Gasteiger partial charge on any atom is -0.330 e. The van der Waals surface area contributed by atoms with E-state index in [1.165, 1.54) is 0 Å². The maximum absolute atomic E-state index is 12.1. The van der Waals surface area contributed by atoms with E-state index in [9.17, 15) is 21.6 Å². The van der Waals surface area contributed by atoms with Gasteiger partial charge in [-0.2, -0.15) is 13.2 Å². The Hall–Kier alpha value is -0.300. The highest BCUT2D eigenvalue weighted by Crippen LogP contribution is 2.26. The molecule has 0 bridgehead atoms. The summed E-state index contributed by atoms with van der Waals surface area (Å²) in [5, 5.41) is 0. The van der Waals surface area contributed by atoms with Gasteiger partial charge in [0.15, 0.2) is 9.84 Å². The van der Waals surface area contributed by atoms with Gasteiger partial charge in [0.1, 0.15) is 0 Å². The molecule has 1 unspecified atom stereocenters. The van der Waals surface area contributed by atoms with E-state index in [1.807, 2.05) is 0 Å². The fourth-order valence-corrected chi connectivity index (χ4v) is 2.72. The maximum atomic E-state index is 12.1. The summed E-state index contributed by atoms with van der Waals surface area (Å²) in [7, 11) is -3.63. The number of hydrogen-bond donors (Lipinski definition) is 1. The molecular weight excluding hydrogens is 219 g/mol. The summed E-state index contributed by atoms with van der Waals surface area (Å²) >= 11 is 0. The second-order valence-corrected chi connectivity index (χ2v) is 5.32. The SMILES string of the molecule is CCCS(=O)(=O)CC(CN)C(F)(F)F. The summed E-state index contributed by atoms with van der Waals surface area (Å²) < 4.78 is 58.6. The van der Waals surface area contributed by atoms with Gasteiger partial charge in [0.05, 0.1) is 11.7 Å². The standard InChI is InChI=1S/C7H14F3NO2S/c1-2-3-14(12,13)5-6(4-11)7(8,9)10/h6H,2-5,11H2,1H3. The third-order valence-electron chi connectivity index (χ3n) is 1.72. The molecule has 2 N–H and O–H groups in total. The predicted molar refractivity (Wildman–Crippen MR) is 47.5 cm³/mol. The summed E-state index contributed by atoms with van der Waals surface area (Å²) in [6.45, 7) is 0.912. The molecule has 7 heteroatoms. The first-order valence-electron chi connectivity index (χ1n) is 4.20. The van der Waals surface area contributed by atoms with Crippen LogP contribution in [0, 0.1) is 5.92 Å². The van der Waals surface area contributed by atoms with Gasteiger partial charge in [0.2, 0.25) is 0 Å². The Balaban J connectivity index is 4.48. The molecule has 14 heavy (non-hydrogen) atoms. The molecule has 0 radical (unpaired) electrons. The topological polar surface area (TPSA) is 60.2 Å². The highest BCUT2D eigenvalue weighted by molar-refractivity contribution is 7.91. The first kappa shape index (κ1) is 13.7. The molecule has 0 saturated carbocycles. The number of halogens is 3. The smallest absolute Gasteiger partial charge is 0.330 e. The van der Waals surface area contributed by atoms with Crippen molar-refractivity contribution in [2.75, 3.05) is 18.1 Å². The zero-order chi connectivity index (χ0) is 11.4. The second kappa shape index (κ2) is 4.97. The number of hydrogen-bond acceptors (Lipinski definition) is 3. The van der Waals surface area contributed by atoms with Crippen LogP contribution in [0.2, 0.25) is 0 Å². The van der Waals surface area contributed by atoms with Crippen LogP contribution < -0.4 is 5.73 Å². The summed E-state index contributed by atoms with van der Waals surface area (Å²) in [5.41, 5.74) is 4.88. The number of nitrogens with two attached hydrogens (primary N) is 1. The van der Waals surface area contributed by atoms with Crippen LogP contribution in [0.3, 0.4) is 0 Å². The van der Waals surface area contributed by atoms with Crippen LogP contribution in [0.1, 0.15) is 13.3 Å². The third kappa shape index (κ3) is 4.80. The van der Waals surface area contributed by atoms with Gasteiger partial charge >= 0.3 is 6.18 Å². The van der Waals surface area contributed by atoms with E-state index in [1.54, 1.807) is 6.92 Å². The predicted octanol–water partition coefficient (Wildman–Crippen LogP) is 0.948. The summed E-state index contributed by atoms with van der Waals surface area (Å²) in [6.07, 6.45) is -4.22. The second-order valence-electron chi connectivity index (χ2n) is 3.09. The van der Waals surface area contributed by atoms with E-state index in [4.69, 9.17) is 5.73 Å². The van der Waals surface area contributed by atoms with E-state index in [0.717, 1.165) is 0 Å². The maximum Gasteiger partial charge on any atom is 0.393 e. The number of sulfone groups is 1. The molecule has 0 aromatic heterocycles. The van der Waals surface area contributed by atoms with E-state index < -0.39 is 34.2 Å². The van der Waals surface area contributed by atoms with Gasteiger partial charge in [-0.3, -0.25) is 0 Å². The molecule has 0 aliphatic rings. The zero-order valence-electron chi connectivity index (χ0n) is 7.84. The van der Waals surface area contributed by atoms with Crippen LogP contribution in [-0.2, 0) is 9.84 Å². The van der Waals surface area contributed by atoms with Crippen LogP contribution in [-0.4, -0.2) is 32.6 Å². The van der Waals surface area contributed by atoms with Crippen LogP contribution in [0.4, 0.5) is 13.2 Å². The lowest BCUT2D eigenvalue weighted by molar-refractivity contribution is -0.165. The van der Waals surface area contributed by atoms with E-state index in [0.29, 0.717) is 6.42 Å². The average Bonchev–Trinajstić information content (AvgIpc) is 1.98. The largest absolute Gasteiger partial charge is 0.393 e. The van der Waals surface area contributed by atoms with Gasteiger partial charge in [-0.05, 0) is 6.42 Å². The molecule has 0 aromatic carbocycles. The van der Waals surface area contributed by atoms with Gasteiger partial charge in [-0.15, -0.1) is 0 Å². The van der Waals surface area contributed by atoms with Crippen molar-refractivity contribution in [3.05, 3.63) is 0 Å². The van der Waals surface area contributed by atoms with Crippen molar-refractivity contribution < 1.29 is 21.6 Å². The molecule has 0 aromatic rings. The van der Waals surface area contributed by atoms with Crippen molar-refractivity contribution in [3.8, 4) is 0 Å². The molecule has 0 spiro atoms. The first-order valence-corrected chi connectivity index (χ1v) is 6.02. The highest BCUT2D eigenvalue weighted by Gasteiger charge is 2.40. The lowest BCUT2D eigenvalue weighted by atomic mass is 10.2. The summed E-state index contributed by atoms with van der Waals surface area (Å²) in [6, 6.07) is 0. The molecule has 0 amide bonds. The molecule has 0 heterocycles. The molecule has 86 valence electrons. The fourth-order valence-electron chi connectivity index (χ4n) is 0.997. The van der Waals surface area contributed by atoms with Gasteiger partial charge < -0.3 is 5.73 Å². The van der Waals surface area contributed by atoms with Crippen LogP contribution in [0.15, 0.2) is 0 Å². The van der Waals surface area contributed by atoms with E-state index in [2.05, 4.69) is 0 Å². The third-order valence-corrected chi connectivity index (χ3v) is 3.66. The Bertz CT molecular complexity index is 261. The van der Waals surface area contributed by atoms with Crippen molar-refractivity contribution in [2.24, 2.45) is 11.7 Å².